The van der Waals surface area contributed by atoms with Crippen molar-refractivity contribution in [1.29, 1.82) is 0 Å². The molecule has 0 radical (unpaired) electrons. The van der Waals surface area contributed by atoms with Crippen LogP contribution >= 0.6 is 11.3 Å². The van der Waals surface area contributed by atoms with Crippen molar-refractivity contribution in [2.24, 2.45) is 5.10 Å². The number of hydrogen-bond acceptors (Lipinski definition) is 6. The lowest BCUT2D eigenvalue weighted by molar-refractivity contribution is -0.380. The summed E-state index contributed by atoms with van der Waals surface area (Å²) in [7, 11) is 0. The first-order valence-electron chi connectivity index (χ1n) is 5.43. The van der Waals surface area contributed by atoms with E-state index in [4.69, 9.17) is 4.42 Å². The minimum absolute atomic E-state index is 0.0236. The number of hydrazone groups is 1. The van der Waals surface area contributed by atoms with Gasteiger partial charge in [-0.15, -0.1) is 0 Å². The van der Waals surface area contributed by atoms with Gasteiger partial charge in [0.1, 0.15) is 5.76 Å². The van der Waals surface area contributed by atoms with Gasteiger partial charge in [-0.2, -0.15) is 5.10 Å². The van der Waals surface area contributed by atoms with E-state index in [2.05, 4.69) is 10.5 Å². The van der Waals surface area contributed by atoms with E-state index in [1.807, 2.05) is 0 Å². The Kier molecular flexibility index (Phi) is 4.40. The summed E-state index contributed by atoms with van der Waals surface area (Å²) >= 11 is 0.996. The zero-order chi connectivity index (χ0) is 14.4. The highest BCUT2D eigenvalue weighted by atomic mass is 32.1. The van der Waals surface area contributed by atoms with Crippen molar-refractivity contribution < 1.29 is 14.1 Å². The lowest BCUT2D eigenvalue weighted by Crippen LogP contribution is -2.13. The van der Waals surface area contributed by atoms with Crippen LogP contribution in [0.4, 0.5) is 5.00 Å². The van der Waals surface area contributed by atoms with Gasteiger partial charge < -0.3 is 4.42 Å². The summed E-state index contributed by atoms with van der Waals surface area (Å²) in [5.41, 5.74) is 2.82. The van der Waals surface area contributed by atoms with Crippen molar-refractivity contribution in [3.8, 4) is 0 Å². The molecule has 0 spiro atoms. The minimum atomic E-state index is -0.479. The van der Waals surface area contributed by atoms with Crippen molar-refractivity contribution in [2.75, 3.05) is 0 Å². The molecule has 0 bridgehead atoms. The Balaban J connectivity index is 1.86. The van der Waals surface area contributed by atoms with Crippen LogP contribution in [0.15, 0.2) is 45.4 Å². The molecule has 0 fully saturated rings. The highest BCUT2D eigenvalue weighted by Gasteiger charge is 2.07. The monoisotopic (exact) mass is 291 g/mol. The summed E-state index contributed by atoms with van der Waals surface area (Å²) in [6.07, 6.45) is 5.61. The lowest BCUT2D eigenvalue weighted by atomic mass is 10.4. The number of nitrogens with zero attached hydrogens (tertiary/aromatic N) is 2. The minimum Gasteiger partial charge on any atom is -0.465 e. The van der Waals surface area contributed by atoms with Crippen molar-refractivity contribution >= 4 is 34.5 Å². The maximum Gasteiger partial charge on any atom is 0.324 e. The van der Waals surface area contributed by atoms with Crippen LogP contribution < -0.4 is 5.43 Å². The molecule has 0 aliphatic heterocycles. The smallest absolute Gasteiger partial charge is 0.324 e. The predicted octanol–water partition coefficient (Wildman–Crippen LogP) is 2.41. The molecule has 1 N–H and O–H groups in total. The molecule has 1 amide bonds. The van der Waals surface area contributed by atoms with Crippen LogP contribution in [-0.4, -0.2) is 17.0 Å². The maximum atomic E-state index is 11.4. The van der Waals surface area contributed by atoms with Gasteiger partial charge in [0.15, 0.2) is 0 Å². The standard InChI is InChI=1S/C12H9N3O4S/c16-11(4-3-10-2-1-5-19-10)14-13-7-9-6-12(15(17)18)20-8-9/h1-8H,(H,14,16)/b4-3+,13-7+. The van der Waals surface area contributed by atoms with Crippen LogP contribution in [0.25, 0.3) is 6.08 Å². The molecule has 0 aliphatic carbocycles. The van der Waals surface area contributed by atoms with Gasteiger partial charge >= 0.3 is 5.00 Å². The highest BCUT2D eigenvalue weighted by molar-refractivity contribution is 7.13. The second kappa shape index (κ2) is 6.43. The maximum absolute atomic E-state index is 11.4. The van der Waals surface area contributed by atoms with Gasteiger partial charge in [-0.3, -0.25) is 14.9 Å². The third-order valence-electron chi connectivity index (χ3n) is 2.12. The first kappa shape index (κ1) is 13.7. The predicted molar refractivity (Wildman–Crippen MR) is 74.5 cm³/mol. The van der Waals surface area contributed by atoms with Gasteiger partial charge in [0.2, 0.25) is 0 Å². The van der Waals surface area contributed by atoms with E-state index in [1.54, 1.807) is 17.5 Å². The van der Waals surface area contributed by atoms with E-state index in [0.29, 0.717) is 11.3 Å². The average molecular weight is 291 g/mol. The Labute approximate surface area is 117 Å². The van der Waals surface area contributed by atoms with E-state index in [0.717, 1.165) is 11.3 Å². The first-order valence-corrected chi connectivity index (χ1v) is 6.30. The Morgan fingerprint density at radius 2 is 2.40 bits per heavy atom. The summed E-state index contributed by atoms with van der Waals surface area (Å²) < 4.78 is 5.02. The molecule has 8 heteroatoms. The summed E-state index contributed by atoms with van der Waals surface area (Å²) in [6, 6.07) is 4.79. The Morgan fingerprint density at radius 1 is 1.55 bits per heavy atom. The van der Waals surface area contributed by atoms with Gasteiger partial charge in [0.05, 0.1) is 17.4 Å². The highest BCUT2D eigenvalue weighted by Crippen LogP contribution is 2.21. The van der Waals surface area contributed by atoms with Crippen LogP contribution in [0.2, 0.25) is 0 Å². The Morgan fingerprint density at radius 3 is 3.05 bits per heavy atom. The quantitative estimate of drug-likeness (QED) is 0.396. The number of furan rings is 1. The van der Waals surface area contributed by atoms with Crippen molar-refractivity contribution in [3.05, 3.63) is 57.4 Å². The number of carbonyl (C=O) groups is 1. The van der Waals surface area contributed by atoms with Gasteiger partial charge in [-0.05, 0) is 18.2 Å². The fraction of sp³-hybridized carbons (Fsp3) is 0. The number of amides is 1. The van der Waals surface area contributed by atoms with Gasteiger partial charge in [0.25, 0.3) is 5.91 Å². The van der Waals surface area contributed by atoms with Crippen molar-refractivity contribution in [1.82, 2.24) is 5.43 Å². The van der Waals surface area contributed by atoms with E-state index < -0.39 is 10.8 Å². The van der Waals surface area contributed by atoms with Gasteiger partial charge in [0, 0.05) is 23.1 Å². The number of thiophene rings is 1. The molecular weight excluding hydrogens is 282 g/mol. The molecule has 2 rings (SSSR count). The molecule has 20 heavy (non-hydrogen) atoms. The second-order valence-electron chi connectivity index (χ2n) is 3.56. The second-order valence-corrected chi connectivity index (χ2v) is 4.45. The zero-order valence-electron chi connectivity index (χ0n) is 10.1. The molecular formula is C12H9N3O4S. The molecule has 0 saturated carbocycles. The molecule has 0 aromatic carbocycles. The largest absolute Gasteiger partial charge is 0.465 e. The summed E-state index contributed by atoms with van der Waals surface area (Å²) in [5, 5.41) is 15.8. The third-order valence-corrected chi connectivity index (χ3v) is 3.01. The molecule has 102 valence electrons. The van der Waals surface area contributed by atoms with E-state index in [-0.39, 0.29) is 5.00 Å². The summed E-state index contributed by atoms with van der Waals surface area (Å²) in [5.74, 6) is 0.125. The van der Waals surface area contributed by atoms with E-state index in [9.17, 15) is 14.9 Å². The molecule has 0 saturated heterocycles. The molecule has 0 aliphatic rings. The van der Waals surface area contributed by atoms with Gasteiger partial charge in [-0.25, -0.2) is 5.43 Å². The molecule has 0 unspecified atom stereocenters. The van der Waals surface area contributed by atoms with Crippen LogP contribution in [0.3, 0.4) is 0 Å². The third kappa shape index (κ3) is 3.89. The number of rotatable bonds is 5. The first-order chi connectivity index (χ1) is 9.65. The molecule has 2 aromatic heterocycles. The average Bonchev–Trinajstić information content (AvgIpc) is 3.07. The fourth-order valence-electron chi connectivity index (χ4n) is 1.25. The SMILES string of the molecule is O=C(/C=C/c1ccco1)N/N=C/c1csc([N+](=O)[O-])c1. The fourth-order valence-corrected chi connectivity index (χ4v) is 1.93. The van der Waals surface area contributed by atoms with Crippen LogP contribution in [0, 0.1) is 10.1 Å². The Bertz CT molecular complexity index is 658. The number of nitrogens with one attached hydrogen (secondary N) is 1. The molecule has 2 aromatic rings. The topological polar surface area (TPSA) is 97.7 Å². The van der Waals surface area contributed by atoms with Crippen LogP contribution in [-0.2, 0) is 4.79 Å². The van der Waals surface area contributed by atoms with Gasteiger partial charge in [-0.1, -0.05) is 11.3 Å². The normalized spacial score (nSPS) is 11.2. The van der Waals surface area contributed by atoms with Crippen molar-refractivity contribution in [3.63, 3.8) is 0 Å². The summed E-state index contributed by atoms with van der Waals surface area (Å²) in [6.45, 7) is 0. The van der Waals surface area contributed by atoms with E-state index >= 15 is 0 Å². The Hall–Kier alpha value is -2.74. The number of hydrogen-bond donors (Lipinski definition) is 1. The zero-order valence-corrected chi connectivity index (χ0v) is 10.9. The number of carbonyl (C=O) groups excluding carboxylic acids is 1. The van der Waals surface area contributed by atoms with E-state index in [1.165, 1.54) is 30.7 Å². The number of nitro groups is 1. The van der Waals surface area contributed by atoms with Crippen molar-refractivity contribution in [2.45, 2.75) is 0 Å². The van der Waals surface area contributed by atoms with Crippen LogP contribution in [0.1, 0.15) is 11.3 Å². The lowest BCUT2D eigenvalue weighted by Gasteiger charge is -1.91. The summed E-state index contributed by atoms with van der Waals surface area (Å²) in [4.78, 5) is 21.4. The van der Waals surface area contributed by atoms with Crippen LogP contribution in [0.5, 0.6) is 0 Å². The molecule has 2 heterocycles. The molecule has 0 atom stereocenters. The molecule has 7 nitrogen and oxygen atoms in total.